The number of rotatable bonds is 6. The van der Waals surface area contributed by atoms with Crippen molar-refractivity contribution in [2.24, 2.45) is 0 Å². The second-order valence-corrected chi connectivity index (χ2v) is 13.9. The molecule has 0 fully saturated rings. The van der Waals surface area contributed by atoms with Gasteiger partial charge < -0.3 is 13.7 Å². The van der Waals surface area contributed by atoms with E-state index in [-0.39, 0.29) is 0 Å². The lowest BCUT2D eigenvalue weighted by Gasteiger charge is -2.28. The van der Waals surface area contributed by atoms with E-state index in [1.54, 1.807) is 0 Å². The predicted octanol–water partition coefficient (Wildman–Crippen LogP) is 14.5. The van der Waals surface area contributed by atoms with Crippen LogP contribution in [0.5, 0.6) is 0 Å². The van der Waals surface area contributed by atoms with Crippen molar-refractivity contribution >= 4 is 71.6 Å². The van der Waals surface area contributed by atoms with Crippen molar-refractivity contribution in [2.45, 2.75) is 0 Å². The van der Waals surface area contributed by atoms with Gasteiger partial charge in [0.1, 0.15) is 16.7 Å². The molecule has 0 unspecified atom stereocenters. The lowest BCUT2D eigenvalue weighted by atomic mass is 9.98. The van der Waals surface area contributed by atoms with Gasteiger partial charge in [-0.2, -0.15) is 0 Å². The van der Waals surface area contributed by atoms with Crippen LogP contribution in [0.4, 0.5) is 17.1 Å². The van der Waals surface area contributed by atoms with Crippen LogP contribution in [-0.2, 0) is 0 Å². The maximum atomic E-state index is 6.33. The lowest BCUT2D eigenvalue weighted by molar-refractivity contribution is 0.619. The van der Waals surface area contributed by atoms with Crippen molar-refractivity contribution in [3.63, 3.8) is 0 Å². The quantitative estimate of drug-likeness (QED) is 0.162. The molecule has 0 aliphatic rings. The topological polar surface area (TPSA) is 42.4 Å². The maximum absolute atomic E-state index is 6.33. The molecule has 4 heteroatoms. The molecule has 0 radical (unpaired) electrons. The first kappa shape index (κ1) is 31.1. The van der Waals surface area contributed by atoms with Crippen LogP contribution in [0, 0.1) is 0 Å². The lowest BCUT2D eigenvalue weighted by Crippen LogP contribution is -2.10. The van der Waals surface area contributed by atoms with Crippen molar-refractivity contribution in [2.75, 3.05) is 4.90 Å². The number of hydrogen-bond donors (Lipinski definition) is 0. The molecule has 11 aromatic rings. The van der Waals surface area contributed by atoms with Crippen LogP contribution in [0.2, 0.25) is 0 Å². The van der Waals surface area contributed by atoms with Crippen LogP contribution in [0.25, 0.3) is 88.3 Å². The molecule has 0 N–H and O–H groups in total. The zero-order chi connectivity index (χ0) is 36.3. The van der Waals surface area contributed by atoms with Crippen molar-refractivity contribution in [1.82, 2.24) is 4.98 Å². The van der Waals surface area contributed by atoms with Gasteiger partial charge in [-0.15, -0.1) is 0 Å². The summed E-state index contributed by atoms with van der Waals surface area (Å²) in [5, 5.41) is 6.85. The molecule has 2 aromatic heterocycles. The average molecular weight is 705 g/mol. The van der Waals surface area contributed by atoms with Gasteiger partial charge in [-0.25, -0.2) is 4.98 Å². The van der Waals surface area contributed by atoms with Gasteiger partial charge in [-0.1, -0.05) is 127 Å². The monoisotopic (exact) mass is 704 g/mol. The number of fused-ring (bicyclic) bond motifs is 8. The first-order chi connectivity index (χ1) is 27.2. The third kappa shape index (κ3) is 5.26. The standard InChI is InChI=1S/C51H32N2O2/c1-3-12-33(13-4-1)36-17-11-18-40(30-36)53(45-32-38-16-7-8-19-41(38)42-20-9-10-21-43(42)45)39-25-22-34(23-26-39)37-24-27-46-44(31-37)49-47(54-46)28-29-48-50(49)52-51(55-48)35-14-5-2-6-15-35/h1-32H. The highest BCUT2D eigenvalue weighted by atomic mass is 16.4. The van der Waals surface area contributed by atoms with E-state index in [1.807, 2.05) is 42.5 Å². The fourth-order valence-electron chi connectivity index (χ4n) is 8.04. The number of nitrogens with zero attached hydrogens (tertiary/aromatic N) is 2. The van der Waals surface area contributed by atoms with Gasteiger partial charge in [0.2, 0.25) is 5.89 Å². The fraction of sp³-hybridized carbons (Fsp3) is 0. The van der Waals surface area contributed by atoms with E-state index in [0.29, 0.717) is 5.89 Å². The smallest absolute Gasteiger partial charge is 0.227 e. The summed E-state index contributed by atoms with van der Waals surface area (Å²) >= 11 is 0. The second kappa shape index (κ2) is 12.6. The van der Waals surface area contributed by atoms with E-state index in [1.165, 1.54) is 32.7 Å². The minimum absolute atomic E-state index is 0.599. The second-order valence-electron chi connectivity index (χ2n) is 13.9. The Bertz CT molecular complexity index is 3200. The Hall–Kier alpha value is -7.43. The van der Waals surface area contributed by atoms with Crippen LogP contribution in [0.3, 0.4) is 0 Å². The third-order valence-electron chi connectivity index (χ3n) is 10.7. The molecular weight excluding hydrogens is 673 g/mol. The number of anilines is 3. The van der Waals surface area contributed by atoms with Crippen molar-refractivity contribution in [3.05, 3.63) is 194 Å². The van der Waals surface area contributed by atoms with Gasteiger partial charge >= 0.3 is 0 Å². The zero-order valence-electron chi connectivity index (χ0n) is 29.7. The zero-order valence-corrected chi connectivity index (χ0v) is 29.7. The Labute approximate surface area is 317 Å². The molecule has 0 aliphatic carbocycles. The summed E-state index contributed by atoms with van der Waals surface area (Å²) in [7, 11) is 0. The molecule has 0 amide bonds. The highest BCUT2D eigenvalue weighted by Crippen LogP contribution is 2.44. The average Bonchev–Trinajstić information content (AvgIpc) is 3.86. The van der Waals surface area contributed by atoms with Crippen LogP contribution in [0.15, 0.2) is 203 Å². The summed E-state index contributed by atoms with van der Waals surface area (Å²) in [6.45, 7) is 0. The number of benzene rings is 9. The molecule has 11 rings (SSSR count). The molecule has 4 nitrogen and oxygen atoms in total. The summed E-state index contributed by atoms with van der Waals surface area (Å²) in [5.41, 5.74) is 11.9. The largest absolute Gasteiger partial charge is 0.456 e. The molecule has 0 aliphatic heterocycles. The van der Waals surface area contributed by atoms with Gasteiger partial charge in [0, 0.05) is 27.7 Å². The summed E-state index contributed by atoms with van der Waals surface area (Å²) in [5.74, 6) is 0.599. The summed E-state index contributed by atoms with van der Waals surface area (Å²) in [6, 6.07) is 68.4. The summed E-state index contributed by atoms with van der Waals surface area (Å²) in [6.07, 6.45) is 0. The van der Waals surface area contributed by atoms with Gasteiger partial charge in [0.05, 0.1) is 11.1 Å². The van der Waals surface area contributed by atoms with E-state index >= 15 is 0 Å². The third-order valence-corrected chi connectivity index (χ3v) is 10.7. The molecule has 2 heterocycles. The van der Waals surface area contributed by atoms with Crippen molar-refractivity contribution < 1.29 is 8.83 Å². The van der Waals surface area contributed by atoms with E-state index in [4.69, 9.17) is 13.8 Å². The minimum Gasteiger partial charge on any atom is -0.456 e. The molecule has 55 heavy (non-hydrogen) atoms. The van der Waals surface area contributed by atoms with E-state index in [0.717, 1.165) is 66.8 Å². The summed E-state index contributed by atoms with van der Waals surface area (Å²) < 4.78 is 12.6. The SMILES string of the molecule is c1ccc(-c2cccc(N(c3ccc(-c4ccc5oc6ccc7oc(-c8ccccc8)nc7c6c5c4)cc3)c3cc4ccccc4c4ccccc34)c2)cc1. The fourth-order valence-corrected chi connectivity index (χ4v) is 8.04. The first-order valence-corrected chi connectivity index (χ1v) is 18.5. The Kier molecular flexibility index (Phi) is 7.14. The molecule has 0 saturated heterocycles. The van der Waals surface area contributed by atoms with E-state index in [9.17, 15) is 0 Å². The van der Waals surface area contributed by atoms with Crippen LogP contribution >= 0.6 is 0 Å². The van der Waals surface area contributed by atoms with Crippen molar-refractivity contribution in [1.29, 1.82) is 0 Å². The molecule has 0 spiro atoms. The van der Waals surface area contributed by atoms with E-state index < -0.39 is 0 Å². The molecule has 9 aromatic carbocycles. The molecular formula is C51H32N2O2. The Morgan fingerprint density at radius 2 is 0.982 bits per heavy atom. The molecule has 0 saturated carbocycles. The van der Waals surface area contributed by atoms with Crippen LogP contribution < -0.4 is 4.90 Å². The number of hydrogen-bond acceptors (Lipinski definition) is 4. The summed E-state index contributed by atoms with van der Waals surface area (Å²) in [4.78, 5) is 7.35. The Morgan fingerprint density at radius 1 is 0.364 bits per heavy atom. The Balaban J connectivity index is 1.05. The number of aromatic nitrogens is 1. The molecule has 258 valence electrons. The predicted molar refractivity (Wildman–Crippen MR) is 227 cm³/mol. The van der Waals surface area contributed by atoms with Crippen LogP contribution in [-0.4, -0.2) is 4.98 Å². The van der Waals surface area contributed by atoms with E-state index in [2.05, 4.69) is 157 Å². The highest BCUT2D eigenvalue weighted by Gasteiger charge is 2.20. The van der Waals surface area contributed by atoms with Gasteiger partial charge in [0.25, 0.3) is 0 Å². The number of oxazole rings is 1. The van der Waals surface area contributed by atoms with Gasteiger partial charge in [0.15, 0.2) is 5.58 Å². The molecule has 0 bridgehead atoms. The normalized spacial score (nSPS) is 11.6. The number of furan rings is 1. The maximum Gasteiger partial charge on any atom is 0.227 e. The first-order valence-electron chi connectivity index (χ1n) is 18.5. The van der Waals surface area contributed by atoms with Crippen LogP contribution in [0.1, 0.15) is 0 Å². The van der Waals surface area contributed by atoms with Crippen molar-refractivity contribution in [3.8, 4) is 33.7 Å². The Morgan fingerprint density at radius 3 is 1.80 bits per heavy atom. The van der Waals surface area contributed by atoms with Gasteiger partial charge in [-0.05, 0) is 105 Å². The molecule has 0 atom stereocenters. The van der Waals surface area contributed by atoms with Gasteiger partial charge in [-0.3, -0.25) is 0 Å². The minimum atomic E-state index is 0.599. The highest BCUT2D eigenvalue weighted by molar-refractivity contribution is 6.18.